The quantitative estimate of drug-likeness (QED) is 0.593. The van der Waals surface area contributed by atoms with Crippen molar-refractivity contribution < 1.29 is 4.80 Å². The Morgan fingerprint density at radius 3 is 2.15 bits per heavy atom. The first-order valence-electron chi connectivity index (χ1n) is 4.99. The van der Waals surface area contributed by atoms with Gasteiger partial charge in [-0.1, -0.05) is 36.7 Å². The number of hydrogen-bond donors (Lipinski definition) is 1. The van der Waals surface area contributed by atoms with E-state index < -0.39 is 8.32 Å². The summed E-state index contributed by atoms with van der Waals surface area (Å²) in [5, 5.41) is 1.21. The van der Waals surface area contributed by atoms with Gasteiger partial charge in [0.2, 0.25) is 0 Å². The van der Waals surface area contributed by atoms with Gasteiger partial charge in [0.15, 0.2) is 8.32 Å². The van der Waals surface area contributed by atoms with Crippen molar-refractivity contribution in [3.8, 4) is 0 Å². The van der Waals surface area contributed by atoms with Crippen LogP contribution in [0, 0.1) is 5.92 Å². The maximum Gasteiger partial charge on any atom is 0.188 e. The Labute approximate surface area is 92.2 Å². The van der Waals surface area contributed by atoms with Gasteiger partial charge in [0, 0.05) is 5.33 Å². The third-order valence-corrected chi connectivity index (χ3v) is 7.85. The molecule has 1 atom stereocenters. The molecule has 0 bridgehead atoms. The summed E-state index contributed by atoms with van der Waals surface area (Å²) in [6, 6.07) is 0. The molecule has 0 heterocycles. The van der Waals surface area contributed by atoms with Gasteiger partial charge in [-0.05, 0) is 36.9 Å². The highest BCUT2D eigenvalue weighted by molar-refractivity contribution is 9.09. The Morgan fingerprint density at radius 2 is 1.85 bits per heavy atom. The Balaban J connectivity index is 4.04. The van der Waals surface area contributed by atoms with E-state index >= 15 is 0 Å². The van der Waals surface area contributed by atoms with Crippen LogP contribution < -0.4 is 0 Å². The maximum absolute atomic E-state index is 10.1. The van der Waals surface area contributed by atoms with Gasteiger partial charge in [0.25, 0.3) is 0 Å². The van der Waals surface area contributed by atoms with Crippen LogP contribution >= 0.6 is 15.9 Å². The van der Waals surface area contributed by atoms with Crippen molar-refractivity contribution in [2.75, 3.05) is 5.33 Å². The molecule has 0 aliphatic carbocycles. The lowest BCUT2D eigenvalue weighted by Gasteiger charge is -2.35. The molecule has 1 N–H and O–H groups in total. The first kappa shape index (κ1) is 13.7. The molecule has 0 aliphatic heterocycles. The zero-order chi connectivity index (χ0) is 10.7. The van der Waals surface area contributed by atoms with Crippen LogP contribution in [0.4, 0.5) is 0 Å². The van der Waals surface area contributed by atoms with E-state index in [-0.39, 0.29) is 5.04 Å². The third-order valence-electron chi connectivity index (χ3n) is 3.18. The second kappa shape index (κ2) is 4.94. The molecule has 0 spiro atoms. The lowest BCUT2D eigenvalue weighted by atomic mass is 10.00. The van der Waals surface area contributed by atoms with Crippen LogP contribution in [-0.4, -0.2) is 18.4 Å². The Hall–Kier alpha value is 0.657. The smallest absolute Gasteiger partial charge is 0.188 e. The second-order valence-corrected chi connectivity index (χ2v) is 10.4. The van der Waals surface area contributed by atoms with Crippen LogP contribution in [0.5, 0.6) is 0 Å². The first-order chi connectivity index (χ1) is 5.70. The van der Waals surface area contributed by atoms with Crippen molar-refractivity contribution in [1.82, 2.24) is 0 Å². The standard InChI is InChI=1S/C10H23BrOSi/c1-9(8-11)6-7-10(2,3)13(4,5)12/h9,12H,6-8H2,1-5H3/t9-/m1/s1. The zero-order valence-corrected chi connectivity index (χ0v) is 12.1. The largest absolute Gasteiger partial charge is 0.432 e. The minimum Gasteiger partial charge on any atom is -0.432 e. The maximum atomic E-state index is 10.1. The summed E-state index contributed by atoms with van der Waals surface area (Å²) in [6.07, 6.45) is 2.34. The van der Waals surface area contributed by atoms with Crippen molar-refractivity contribution in [2.24, 2.45) is 5.92 Å². The van der Waals surface area contributed by atoms with E-state index in [2.05, 4.69) is 36.7 Å². The van der Waals surface area contributed by atoms with Crippen molar-refractivity contribution in [2.45, 2.75) is 51.7 Å². The van der Waals surface area contributed by atoms with Gasteiger partial charge in [0.05, 0.1) is 0 Å². The van der Waals surface area contributed by atoms with Crippen molar-refractivity contribution in [3.05, 3.63) is 0 Å². The molecular weight excluding hydrogens is 244 g/mol. The monoisotopic (exact) mass is 266 g/mol. The number of hydrogen-bond acceptors (Lipinski definition) is 1. The molecule has 0 radical (unpaired) electrons. The summed E-state index contributed by atoms with van der Waals surface area (Å²) in [5.41, 5.74) is 0. The normalized spacial score (nSPS) is 15.9. The van der Waals surface area contributed by atoms with Crippen LogP contribution in [-0.2, 0) is 0 Å². The number of alkyl halides is 1. The molecule has 3 heteroatoms. The van der Waals surface area contributed by atoms with E-state index in [9.17, 15) is 4.80 Å². The van der Waals surface area contributed by atoms with Gasteiger partial charge in [-0.25, -0.2) is 0 Å². The summed E-state index contributed by atoms with van der Waals surface area (Å²) in [5.74, 6) is 0.718. The summed E-state index contributed by atoms with van der Waals surface area (Å²) in [4.78, 5) is 10.1. The summed E-state index contributed by atoms with van der Waals surface area (Å²) < 4.78 is 0. The fourth-order valence-corrected chi connectivity index (χ4v) is 2.07. The molecule has 0 amide bonds. The average Bonchev–Trinajstić information content (AvgIpc) is 1.98. The molecule has 0 saturated heterocycles. The highest BCUT2D eigenvalue weighted by Gasteiger charge is 2.37. The minimum absolute atomic E-state index is 0.142. The third kappa shape index (κ3) is 4.61. The SMILES string of the molecule is C[C@@H](CBr)CCC(C)(C)[Si](C)(C)O. The van der Waals surface area contributed by atoms with Crippen LogP contribution in [0.25, 0.3) is 0 Å². The molecule has 0 aromatic heterocycles. The summed E-state index contributed by atoms with van der Waals surface area (Å²) in [6.45, 7) is 10.7. The molecule has 0 aromatic carbocycles. The summed E-state index contributed by atoms with van der Waals surface area (Å²) >= 11 is 3.48. The van der Waals surface area contributed by atoms with E-state index in [0.29, 0.717) is 0 Å². The predicted octanol–water partition coefficient (Wildman–Crippen LogP) is 3.78. The van der Waals surface area contributed by atoms with Crippen LogP contribution in [0.15, 0.2) is 0 Å². The summed E-state index contributed by atoms with van der Waals surface area (Å²) in [7, 11) is -1.98. The van der Waals surface area contributed by atoms with Gasteiger partial charge in [-0.15, -0.1) is 0 Å². The van der Waals surface area contributed by atoms with Crippen LogP contribution in [0.1, 0.15) is 33.6 Å². The van der Waals surface area contributed by atoms with Gasteiger partial charge in [-0.2, -0.15) is 0 Å². The van der Waals surface area contributed by atoms with E-state index in [0.717, 1.165) is 17.7 Å². The van der Waals surface area contributed by atoms with E-state index in [4.69, 9.17) is 0 Å². The minimum atomic E-state index is -1.98. The van der Waals surface area contributed by atoms with Crippen LogP contribution in [0.2, 0.25) is 18.1 Å². The zero-order valence-electron chi connectivity index (χ0n) is 9.52. The molecule has 0 aliphatic rings. The van der Waals surface area contributed by atoms with Crippen LogP contribution in [0.3, 0.4) is 0 Å². The van der Waals surface area contributed by atoms with Gasteiger partial charge in [0.1, 0.15) is 0 Å². The molecule has 13 heavy (non-hydrogen) atoms. The topological polar surface area (TPSA) is 20.2 Å². The van der Waals surface area contributed by atoms with Gasteiger partial charge < -0.3 is 4.80 Å². The molecule has 0 fully saturated rings. The Kier molecular flexibility index (Phi) is 5.19. The van der Waals surface area contributed by atoms with Crippen molar-refractivity contribution >= 4 is 24.2 Å². The predicted molar refractivity (Wildman–Crippen MR) is 65.9 cm³/mol. The average molecular weight is 267 g/mol. The molecular formula is C10H23BrOSi. The van der Waals surface area contributed by atoms with E-state index in [1.165, 1.54) is 6.42 Å². The number of rotatable bonds is 5. The lowest BCUT2D eigenvalue weighted by molar-refractivity contribution is 0.419. The van der Waals surface area contributed by atoms with E-state index in [1.54, 1.807) is 0 Å². The molecule has 0 rings (SSSR count). The van der Waals surface area contributed by atoms with Crippen molar-refractivity contribution in [3.63, 3.8) is 0 Å². The fraction of sp³-hybridized carbons (Fsp3) is 1.00. The first-order valence-corrected chi connectivity index (χ1v) is 9.06. The Morgan fingerprint density at radius 1 is 1.38 bits per heavy atom. The molecule has 0 saturated carbocycles. The molecule has 80 valence electrons. The van der Waals surface area contributed by atoms with E-state index in [1.807, 2.05) is 13.1 Å². The molecule has 0 unspecified atom stereocenters. The molecule has 0 aromatic rings. The van der Waals surface area contributed by atoms with Gasteiger partial charge in [-0.3, -0.25) is 0 Å². The van der Waals surface area contributed by atoms with Gasteiger partial charge >= 0.3 is 0 Å². The number of halogens is 1. The Bertz CT molecular complexity index is 151. The second-order valence-electron chi connectivity index (χ2n) is 5.24. The lowest BCUT2D eigenvalue weighted by Crippen LogP contribution is -2.39. The molecule has 1 nitrogen and oxygen atoms in total. The van der Waals surface area contributed by atoms with Crippen molar-refractivity contribution in [1.29, 1.82) is 0 Å². The highest BCUT2D eigenvalue weighted by Crippen LogP contribution is 2.40. The highest BCUT2D eigenvalue weighted by atomic mass is 79.9. The fourth-order valence-electron chi connectivity index (χ4n) is 0.990.